The molecule has 1 aliphatic heterocycles. The average Bonchev–Trinajstić information content (AvgIpc) is 2.87. The van der Waals surface area contributed by atoms with Crippen LogP contribution in [-0.2, 0) is 16.0 Å². The van der Waals surface area contributed by atoms with Crippen molar-refractivity contribution in [2.24, 2.45) is 0 Å². The number of aryl methyl sites for hydroxylation is 1. The molecule has 1 aromatic rings. The average molecular weight is 293 g/mol. The van der Waals surface area contributed by atoms with Crippen molar-refractivity contribution < 1.29 is 24.5 Å². The lowest BCUT2D eigenvalue weighted by molar-refractivity contribution is -0.148. The minimum absolute atomic E-state index is 0.0359. The number of ether oxygens (including phenoxy) is 1. The number of hydrogen-bond acceptors (Lipinski definition) is 4. The highest BCUT2D eigenvalue weighted by molar-refractivity contribution is 5.85. The van der Waals surface area contributed by atoms with E-state index < -0.39 is 24.0 Å². The molecule has 2 N–H and O–H groups in total. The molecule has 1 aliphatic rings. The maximum atomic E-state index is 12.1. The van der Waals surface area contributed by atoms with Crippen LogP contribution in [0.2, 0.25) is 0 Å². The van der Waals surface area contributed by atoms with E-state index >= 15 is 0 Å². The largest absolute Gasteiger partial charge is 0.484 e. The lowest BCUT2D eigenvalue weighted by atomic mass is 10.2. The lowest BCUT2D eigenvalue weighted by Gasteiger charge is -2.21. The summed E-state index contributed by atoms with van der Waals surface area (Å²) >= 11 is 0. The van der Waals surface area contributed by atoms with E-state index in [0.717, 1.165) is 16.9 Å². The molecule has 21 heavy (non-hydrogen) atoms. The molecule has 1 aromatic carbocycles. The van der Waals surface area contributed by atoms with Crippen molar-refractivity contribution in [2.75, 3.05) is 13.2 Å². The lowest BCUT2D eigenvalue weighted by Crippen LogP contribution is -2.42. The van der Waals surface area contributed by atoms with Gasteiger partial charge in [-0.1, -0.05) is 19.1 Å². The number of carboxylic acids is 1. The third-order valence-corrected chi connectivity index (χ3v) is 3.55. The Morgan fingerprint density at radius 3 is 2.86 bits per heavy atom. The Balaban J connectivity index is 1.96. The zero-order chi connectivity index (χ0) is 15.4. The summed E-state index contributed by atoms with van der Waals surface area (Å²) in [5.74, 6) is -0.956. The Kier molecular flexibility index (Phi) is 4.80. The summed E-state index contributed by atoms with van der Waals surface area (Å²) in [4.78, 5) is 24.3. The van der Waals surface area contributed by atoms with E-state index in [2.05, 4.69) is 0 Å². The number of carboxylic acid groups (broad SMARTS) is 1. The number of amides is 1. The summed E-state index contributed by atoms with van der Waals surface area (Å²) in [6.45, 7) is 1.82. The van der Waals surface area contributed by atoms with Crippen LogP contribution in [0.15, 0.2) is 24.3 Å². The van der Waals surface area contributed by atoms with Crippen LogP contribution in [0.3, 0.4) is 0 Å². The van der Waals surface area contributed by atoms with Gasteiger partial charge in [-0.05, 0) is 24.1 Å². The van der Waals surface area contributed by atoms with E-state index in [1.165, 1.54) is 0 Å². The van der Waals surface area contributed by atoms with Gasteiger partial charge < -0.3 is 19.8 Å². The van der Waals surface area contributed by atoms with Gasteiger partial charge in [-0.15, -0.1) is 0 Å². The summed E-state index contributed by atoms with van der Waals surface area (Å²) in [7, 11) is 0. The molecule has 1 saturated heterocycles. The number of β-amino-alcohol motifs (C(OH)–C–C–N with tert-alkyl or cyclic N) is 1. The predicted octanol–water partition coefficient (Wildman–Crippen LogP) is 0.674. The van der Waals surface area contributed by atoms with Crippen LogP contribution in [-0.4, -0.2) is 52.3 Å². The minimum atomic E-state index is -1.10. The normalized spacial score (nSPS) is 21.3. The van der Waals surface area contributed by atoms with Crippen molar-refractivity contribution in [1.29, 1.82) is 0 Å². The Labute approximate surface area is 122 Å². The Hall–Kier alpha value is -2.08. The number of nitrogens with zero attached hydrogens (tertiary/aromatic N) is 1. The van der Waals surface area contributed by atoms with Gasteiger partial charge in [0.15, 0.2) is 6.61 Å². The third-order valence-electron chi connectivity index (χ3n) is 3.55. The van der Waals surface area contributed by atoms with E-state index in [-0.39, 0.29) is 19.6 Å². The fourth-order valence-corrected chi connectivity index (χ4v) is 2.41. The van der Waals surface area contributed by atoms with Gasteiger partial charge in [0.1, 0.15) is 11.8 Å². The van der Waals surface area contributed by atoms with Crippen LogP contribution in [0.1, 0.15) is 18.9 Å². The maximum absolute atomic E-state index is 12.1. The number of benzene rings is 1. The molecule has 2 atom stereocenters. The van der Waals surface area contributed by atoms with Crippen LogP contribution in [0.25, 0.3) is 0 Å². The van der Waals surface area contributed by atoms with E-state index in [1.54, 1.807) is 6.07 Å². The van der Waals surface area contributed by atoms with E-state index in [9.17, 15) is 14.7 Å². The van der Waals surface area contributed by atoms with Gasteiger partial charge in [0.25, 0.3) is 5.91 Å². The number of carbonyl (C=O) groups is 2. The first kappa shape index (κ1) is 15.3. The molecule has 0 aliphatic carbocycles. The molecular formula is C15H19NO5. The van der Waals surface area contributed by atoms with E-state index in [4.69, 9.17) is 9.84 Å². The molecule has 0 aromatic heterocycles. The predicted molar refractivity (Wildman–Crippen MR) is 75.1 cm³/mol. The molecule has 2 rings (SSSR count). The van der Waals surface area contributed by atoms with Crippen LogP contribution in [0.5, 0.6) is 5.75 Å². The fourth-order valence-electron chi connectivity index (χ4n) is 2.41. The van der Waals surface area contributed by atoms with Crippen molar-refractivity contribution in [1.82, 2.24) is 4.90 Å². The highest BCUT2D eigenvalue weighted by atomic mass is 16.5. The molecule has 6 nitrogen and oxygen atoms in total. The van der Waals surface area contributed by atoms with Crippen LogP contribution >= 0.6 is 0 Å². The molecule has 114 valence electrons. The zero-order valence-corrected chi connectivity index (χ0v) is 11.9. The summed E-state index contributed by atoms with van der Waals surface area (Å²) in [6.07, 6.45) is 0.134. The first-order chi connectivity index (χ1) is 10.0. The van der Waals surface area contributed by atoms with Crippen molar-refractivity contribution in [3.05, 3.63) is 29.8 Å². The summed E-state index contributed by atoms with van der Waals surface area (Å²) < 4.78 is 5.42. The van der Waals surface area contributed by atoms with Gasteiger partial charge in [-0.3, -0.25) is 4.79 Å². The Morgan fingerprint density at radius 1 is 1.43 bits per heavy atom. The fraction of sp³-hybridized carbons (Fsp3) is 0.467. The van der Waals surface area contributed by atoms with Crippen LogP contribution in [0.4, 0.5) is 0 Å². The van der Waals surface area contributed by atoms with Crippen molar-refractivity contribution in [2.45, 2.75) is 31.9 Å². The Morgan fingerprint density at radius 2 is 2.19 bits per heavy atom. The van der Waals surface area contributed by atoms with Crippen LogP contribution in [0, 0.1) is 0 Å². The van der Waals surface area contributed by atoms with E-state index in [0.29, 0.717) is 5.75 Å². The van der Waals surface area contributed by atoms with Gasteiger partial charge in [-0.2, -0.15) is 0 Å². The topological polar surface area (TPSA) is 87.1 Å². The van der Waals surface area contributed by atoms with Gasteiger partial charge >= 0.3 is 5.97 Å². The summed E-state index contributed by atoms with van der Waals surface area (Å²) in [5.41, 5.74) is 1.10. The first-order valence-electron chi connectivity index (χ1n) is 6.93. The van der Waals surface area contributed by atoms with Crippen molar-refractivity contribution in [3.63, 3.8) is 0 Å². The van der Waals surface area contributed by atoms with Gasteiger partial charge in [0.2, 0.25) is 0 Å². The number of aliphatic hydroxyl groups is 1. The maximum Gasteiger partial charge on any atom is 0.326 e. The number of rotatable bonds is 5. The second-order valence-electron chi connectivity index (χ2n) is 5.08. The highest BCUT2D eigenvalue weighted by Gasteiger charge is 2.38. The summed E-state index contributed by atoms with van der Waals surface area (Å²) in [6, 6.07) is 6.43. The van der Waals surface area contributed by atoms with Crippen LogP contribution < -0.4 is 4.74 Å². The van der Waals surface area contributed by atoms with Gasteiger partial charge in [0, 0.05) is 13.0 Å². The molecule has 0 radical (unpaired) electrons. The molecule has 0 bridgehead atoms. The van der Waals surface area contributed by atoms with Gasteiger partial charge in [-0.25, -0.2) is 4.79 Å². The molecule has 1 amide bonds. The number of hydrogen-bond donors (Lipinski definition) is 2. The minimum Gasteiger partial charge on any atom is -0.484 e. The number of aliphatic carboxylic acids is 1. The number of aliphatic hydroxyl groups excluding tert-OH is 1. The quantitative estimate of drug-likeness (QED) is 0.833. The van der Waals surface area contributed by atoms with Gasteiger partial charge in [0.05, 0.1) is 6.10 Å². The van der Waals surface area contributed by atoms with Crippen molar-refractivity contribution in [3.8, 4) is 5.75 Å². The zero-order valence-electron chi connectivity index (χ0n) is 11.9. The molecular weight excluding hydrogens is 274 g/mol. The Bertz CT molecular complexity index is 531. The highest BCUT2D eigenvalue weighted by Crippen LogP contribution is 2.19. The number of carbonyl (C=O) groups excluding carboxylic acids is 1. The molecule has 1 unspecified atom stereocenters. The second kappa shape index (κ2) is 6.58. The first-order valence-corrected chi connectivity index (χ1v) is 6.93. The monoisotopic (exact) mass is 293 g/mol. The third kappa shape index (κ3) is 3.72. The summed E-state index contributed by atoms with van der Waals surface area (Å²) in [5, 5.41) is 18.6. The van der Waals surface area contributed by atoms with Crippen molar-refractivity contribution >= 4 is 11.9 Å². The number of likely N-dealkylation sites (tertiary alicyclic amines) is 1. The van der Waals surface area contributed by atoms with E-state index in [1.807, 2.05) is 25.1 Å². The molecule has 6 heteroatoms. The molecule has 0 saturated carbocycles. The smallest absolute Gasteiger partial charge is 0.326 e. The molecule has 0 spiro atoms. The molecule has 1 heterocycles. The molecule has 1 fully saturated rings. The second-order valence-corrected chi connectivity index (χ2v) is 5.08. The SMILES string of the molecule is CCc1cccc(OCC(=O)N2CC(O)C[C@H]2C(=O)O)c1. The standard InChI is InChI=1S/C15H19NO5/c1-2-10-4-3-5-12(6-10)21-9-14(18)16-8-11(17)7-13(16)15(19)20/h3-6,11,13,17H,2,7-9H2,1H3,(H,19,20)/t11?,13-/m0/s1.